The number of benzene rings is 1. The lowest BCUT2D eigenvalue weighted by Crippen LogP contribution is -2.63. The number of rotatable bonds is 10. The minimum absolute atomic E-state index is 0.000623. The van der Waals surface area contributed by atoms with E-state index in [1.165, 1.54) is 6.08 Å². The second kappa shape index (κ2) is 14.3. The molecule has 1 aliphatic heterocycles. The predicted molar refractivity (Wildman–Crippen MR) is 129 cm³/mol. The maximum atomic E-state index is 12.8. The maximum Gasteiger partial charge on any atom is 0.373 e. The molecule has 12 nitrogen and oxygen atoms in total. The molecular weight excluding hydrogens is 528 g/mol. The zero-order chi connectivity index (χ0) is 28.4. The van der Waals surface area contributed by atoms with E-state index in [1.54, 1.807) is 31.2 Å². The Bertz CT molecular complexity index is 1070. The molecule has 38 heavy (non-hydrogen) atoms. The van der Waals surface area contributed by atoms with Gasteiger partial charge in [-0.15, -0.1) is 0 Å². The Morgan fingerprint density at radius 3 is 1.95 bits per heavy atom. The van der Waals surface area contributed by atoms with E-state index in [0.717, 1.165) is 27.7 Å². The van der Waals surface area contributed by atoms with Gasteiger partial charge in [0.1, 0.15) is 12.7 Å². The molecular formula is C25H29ClO12. The summed E-state index contributed by atoms with van der Waals surface area (Å²) in [4.78, 5) is 60.1. The quantitative estimate of drug-likeness (QED) is 0.180. The molecule has 0 saturated carbocycles. The third-order valence-corrected chi connectivity index (χ3v) is 5.20. The summed E-state index contributed by atoms with van der Waals surface area (Å²) in [5.41, 5.74) is 0.392. The smallest absolute Gasteiger partial charge is 0.373 e. The van der Waals surface area contributed by atoms with Gasteiger partial charge in [0, 0.05) is 32.7 Å². The number of ether oxygens (including phenoxy) is 7. The lowest BCUT2D eigenvalue weighted by atomic mass is 9.98. The Hall–Kier alpha value is -3.64. The van der Waals surface area contributed by atoms with Crippen LogP contribution < -0.4 is 0 Å². The van der Waals surface area contributed by atoms with Gasteiger partial charge in [0.2, 0.25) is 18.2 Å². The largest absolute Gasteiger partial charge is 0.463 e. The summed E-state index contributed by atoms with van der Waals surface area (Å²) in [6.45, 7) is 5.54. The molecule has 0 spiro atoms. The molecule has 2 rings (SSSR count). The van der Waals surface area contributed by atoms with Crippen LogP contribution in [-0.2, 0) is 57.1 Å². The number of esters is 5. The van der Waals surface area contributed by atoms with Gasteiger partial charge < -0.3 is 33.2 Å². The lowest BCUT2D eigenvalue weighted by molar-refractivity contribution is -0.299. The predicted octanol–water partition coefficient (Wildman–Crippen LogP) is 2.34. The molecule has 1 saturated heterocycles. The molecule has 1 aliphatic rings. The summed E-state index contributed by atoms with van der Waals surface area (Å²) in [5, 5.41) is 0.291. The highest BCUT2D eigenvalue weighted by Gasteiger charge is 2.53. The summed E-state index contributed by atoms with van der Waals surface area (Å²) in [6, 6.07) is 6.56. The van der Waals surface area contributed by atoms with Crippen LogP contribution >= 0.6 is 11.6 Å². The molecule has 1 fully saturated rings. The fourth-order valence-electron chi connectivity index (χ4n) is 3.49. The van der Waals surface area contributed by atoms with E-state index < -0.39 is 67.2 Å². The van der Waals surface area contributed by atoms with Gasteiger partial charge in [0.25, 0.3) is 0 Å². The van der Waals surface area contributed by atoms with Gasteiger partial charge in [-0.25, -0.2) is 4.79 Å². The molecule has 0 bridgehead atoms. The van der Waals surface area contributed by atoms with Crippen LogP contribution in [0, 0.1) is 0 Å². The van der Waals surface area contributed by atoms with E-state index in [9.17, 15) is 24.0 Å². The highest BCUT2D eigenvalue weighted by molar-refractivity contribution is 6.32. The van der Waals surface area contributed by atoms with Gasteiger partial charge in [0.15, 0.2) is 12.2 Å². The van der Waals surface area contributed by atoms with Crippen molar-refractivity contribution in [1.82, 2.24) is 0 Å². The molecule has 5 atom stereocenters. The molecule has 0 aromatic heterocycles. The van der Waals surface area contributed by atoms with E-state index in [4.69, 9.17) is 44.8 Å². The standard InChI is InChI=1S/C25H29ClO12/c1-6-32-24(31)19(11-17-9-7-8-10-18(17)26)37-25-23(36-16(5)30)22(35-15(4)29)21(34-14(3)28)20(38-25)12-33-13(2)27/h7-11,20-23,25H,6,12H2,1-5H3/b19-11-/t20-,21-,22+,23-,25-/m0/s1. The zero-order valence-corrected chi connectivity index (χ0v) is 22.2. The highest BCUT2D eigenvalue weighted by Crippen LogP contribution is 2.32. The normalized spacial score (nSPS) is 23.0. The van der Waals surface area contributed by atoms with Crippen molar-refractivity contribution in [3.05, 3.63) is 40.6 Å². The summed E-state index contributed by atoms with van der Waals surface area (Å²) >= 11 is 6.23. The zero-order valence-electron chi connectivity index (χ0n) is 21.5. The first-order valence-electron chi connectivity index (χ1n) is 11.5. The summed E-state index contributed by atoms with van der Waals surface area (Å²) < 4.78 is 37.8. The Balaban J connectivity index is 2.59. The minimum Gasteiger partial charge on any atom is -0.463 e. The molecule has 0 unspecified atom stereocenters. The lowest BCUT2D eigenvalue weighted by Gasteiger charge is -2.43. The van der Waals surface area contributed by atoms with Crippen molar-refractivity contribution < 1.29 is 57.1 Å². The topological polar surface area (TPSA) is 150 Å². The van der Waals surface area contributed by atoms with E-state index in [2.05, 4.69) is 0 Å². The van der Waals surface area contributed by atoms with Crippen molar-refractivity contribution >= 4 is 47.5 Å². The molecule has 0 amide bonds. The van der Waals surface area contributed by atoms with Crippen molar-refractivity contribution in [1.29, 1.82) is 0 Å². The monoisotopic (exact) mass is 556 g/mol. The van der Waals surface area contributed by atoms with Crippen molar-refractivity contribution in [3.8, 4) is 0 Å². The van der Waals surface area contributed by atoms with Crippen molar-refractivity contribution in [3.63, 3.8) is 0 Å². The number of hydrogen-bond acceptors (Lipinski definition) is 12. The average molecular weight is 557 g/mol. The van der Waals surface area contributed by atoms with Gasteiger partial charge in [-0.3, -0.25) is 19.2 Å². The fourth-order valence-corrected chi connectivity index (χ4v) is 3.68. The molecule has 1 heterocycles. The average Bonchev–Trinajstić information content (AvgIpc) is 2.81. The van der Waals surface area contributed by atoms with E-state index in [1.807, 2.05) is 0 Å². The molecule has 1 aromatic carbocycles. The second-order valence-corrected chi connectivity index (χ2v) is 8.34. The van der Waals surface area contributed by atoms with Crippen LogP contribution in [0.15, 0.2) is 30.0 Å². The number of halogens is 1. The molecule has 0 N–H and O–H groups in total. The van der Waals surface area contributed by atoms with Crippen molar-refractivity contribution in [2.75, 3.05) is 13.2 Å². The van der Waals surface area contributed by atoms with Gasteiger partial charge in [-0.05, 0) is 24.6 Å². The Labute approximate surface area is 224 Å². The van der Waals surface area contributed by atoms with E-state index in [0.29, 0.717) is 10.6 Å². The minimum atomic E-state index is -1.62. The third kappa shape index (κ3) is 9.03. The van der Waals surface area contributed by atoms with Crippen LogP contribution in [0.2, 0.25) is 5.02 Å². The first-order chi connectivity index (χ1) is 17.9. The molecule has 13 heteroatoms. The highest BCUT2D eigenvalue weighted by atomic mass is 35.5. The Morgan fingerprint density at radius 2 is 1.39 bits per heavy atom. The number of carbonyl (C=O) groups is 5. The van der Waals surface area contributed by atoms with Crippen LogP contribution in [0.4, 0.5) is 0 Å². The first kappa shape index (κ1) is 30.6. The molecule has 208 valence electrons. The SMILES string of the molecule is CCOC(=O)/C(=C/c1ccccc1Cl)O[C@H]1O[C@@H](COC(C)=O)[C@H](OC(C)=O)[C@@H](OC(C)=O)[C@@H]1OC(C)=O. The Kier molecular flexibility index (Phi) is 11.5. The summed E-state index contributed by atoms with van der Waals surface area (Å²) in [5.74, 6) is -4.38. The van der Waals surface area contributed by atoms with Gasteiger partial charge in [0.05, 0.1) is 6.61 Å². The number of hydrogen-bond donors (Lipinski definition) is 0. The summed E-state index contributed by atoms with van der Waals surface area (Å²) in [7, 11) is 0. The van der Waals surface area contributed by atoms with Crippen LogP contribution in [0.1, 0.15) is 40.2 Å². The Morgan fingerprint density at radius 1 is 0.816 bits per heavy atom. The fraction of sp³-hybridized carbons (Fsp3) is 0.480. The van der Waals surface area contributed by atoms with Crippen LogP contribution in [0.5, 0.6) is 0 Å². The summed E-state index contributed by atoms with van der Waals surface area (Å²) in [6.07, 6.45) is -5.96. The first-order valence-corrected chi connectivity index (χ1v) is 11.9. The maximum absolute atomic E-state index is 12.8. The third-order valence-electron chi connectivity index (χ3n) is 4.86. The van der Waals surface area contributed by atoms with E-state index >= 15 is 0 Å². The second-order valence-electron chi connectivity index (χ2n) is 7.94. The van der Waals surface area contributed by atoms with Crippen LogP contribution in [0.25, 0.3) is 6.08 Å². The van der Waals surface area contributed by atoms with Crippen molar-refractivity contribution in [2.24, 2.45) is 0 Å². The molecule has 0 radical (unpaired) electrons. The van der Waals surface area contributed by atoms with Crippen LogP contribution in [0.3, 0.4) is 0 Å². The molecule has 0 aliphatic carbocycles. The molecule has 1 aromatic rings. The van der Waals surface area contributed by atoms with Gasteiger partial charge >= 0.3 is 29.8 Å². The van der Waals surface area contributed by atoms with Crippen LogP contribution in [-0.4, -0.2) is 73.8 Å². The van der Waals surface area contributed by atoms with Crippen molar-refractivity contribution in [2.45, 2.75) is 65.3 Å². The van der Waals surface area contributed by atoms with Gasteiger partial charge in [-0.2, -0.15) is 0 Å². The number of carbonyl (C=O) groups excluding carboxylic acids is 5. The van der Waals surface area contributed by atoms with Gasteiger partial charge in [-0.1, -0.05) is 29.8 Å². The van der Waals surface area contributed by atoms with E-state index in [-0.39, 0.29) is 12.4 Å².